The van der Waals surface area contributed by atoms with Gasteiger partial charge in [0.05, 0.1) is 17.2 Å². The van der Waals surface area contributed by atoms with Gasteiger partial charge in [0.1, 0.15) is 0 Å². The molecule has 2 aromatic rings. The van der Waals surface area contributed by atoms with Crippen LogP contribution in [0.1, 0.15) is 27.0 Å². The van der Waals surface area contributed by atoms with Crippen molar-refractivity contribution in [3.8, 4) is 6.07 Å². The van der Waals surface area contributed by atoms with E-state index >= 15 is 0 Å². The minimum absolute atomic E-state index is 0.246. The van der Waals surface area contributed by atoms with Gasteiger partial charge in [-0.3, -0.25) is 4.79 Å². The van der Waals surface area contributed by atoms with Crippen LogP contribution in [0.25, 0.3) is 0 Å². The molecule has 0 aromatic heterocycles. The van der Waals surface area contributed by atoms with E-state index in [0.29, 0.717) is 12.1 Å². The van der Waals surface area contributed by atoms with E-state index in [2.05, 4.69) is 5.32 Å². The highest BCUT2D eigenvalue weighted by Gasteiger charge is 2.10. The van der Waals surface area contributed by atoms with E-state index in [1.54, 1.807) is 12.1 Å². The van der Waals surface area contributed by atoms with Crippen molar-refractivity contribution in [2.24, 2.45) is 0 Å². The third-order valence-corrected chi connectivity index (χ3v) is 3.30. The van der Waals surface area contributed by atoms with Crippen LogP contribution in [0, 0.1) is 18.3 Å². The molecule has 23 heavy (non-hydrogen) atoms. The van der Waals surface area contributed by atoms with Crippen LogP contribution in [0.15, 0.2) is 48.5 Å². The first-order valence-corrected chi connectivity index (χ1v) is 7.08. The molecular formula is C18H16N2O3. The predicted octanol–water partition coefficient (Wildman–Crippen LogP) is 2.34. The first-order chi connectivity index (χ1) is 11.1. The van der Waals surface area contributed by atoms with Gasteiger partial charge in [0, 0.05) is 6.54 Å². The number of benzene rings is 2. The van der Waals surface area contributed by atoms with Crippen LogP contribution < -0.4 is 5.32 Å². The second kappa shape index (κ2) is 7.76. The molecule has 1 N–H and O–H groups in total. The maximum absolute atomic E-state index is 11.8. The average Bonchev–Trinajstić information content (AvgIpc) is 2.59. The van der Waals surface area contributed by atoms with E-state index in [1.165, 1.54) is 12.1 Å². The highest BCUT2D eigenvalue weighted by Crippen LogP contribution is 2.07. The maximum atomic E-state index is 11.8. The molecular weight excluding hydrogens is 292 g/mol. The first-order valence-electron chi connectivity index (χ1n) is 7.08. The summed E-state index contributed by atoms with van der Waals surface area (Å²) in [4.78, 5) is 23.6. The normalized spacial score (nSPS) is 9.74. The number of nitrogens with one attached hydrogen (secondary N) is 1. The van der Waals surface area contributed by atoms with Gasteiger partial charge < -0.3 is 10.1 Å². The Labute approximate surface area is 134 Å². The molecule has 0 spiro atoms. The first kappa shape index (κ1) is 16.2. The van der Waals surface area contributed by atoms with Crippen molar-refractivity contribution in [3.05, 3.63) is 70.8 Å². The van der Waals surface area contributed by atoms with Crippen molar-refractivity contribution >= 4 is 11.9 Å². The lowest BCUT2D eigenvalue weighted by molar-refractivity contribution is -0.124. The minimum Gasteiger partial charge on any atom is -0.452 e. The van der Waals surface area contributed by atoms with E-state index in [1.807, 2.05) is 37.3 Å². The standard InChI is InChI=1S/C18H16N2O3/c1-13-5-2-3-7-16(13)11-20-17(21)12-23-18(22)15-8-4-6-14(9-15)10-19/h2-9H,11-12H2,1H3,(H,20,21). The number of hydrogen-bond acceptors (Lipinski definition) is 4. The number of nitrogens with zero attached hydrogens (tertiary/aromatic N) is 1. The summed E-state index contributed by atoms with van der Waals surface area (Å²) in [5.74, 6) is -1.01. The van der Waals surface area contributed by atoms with E-state index in [-0.39, 0.29) is 18.1 Å². The SMILES string of the molecule is Cc1ccccc1CNC(=O)COC(=O)c1cccc(C#N)c1. The molecule has 0 heterocycles. The zero-order valence-electron chi connectivity index (χ0n) is 12.7. The lowest BCUT2D eigenvalue weighted by Crippen LogP contribution is -2.28. The molecule has 2 aromatic carbocycles. The van der Waals surface area contributed by atoms with E-state index in [9.17, 15) is 9.59 Å². The molecule has 0 saturated carbocycles. The molecule has 0 saturated heterocycles. The summed E-state index contributed by atoms with van der Waals surface area (Å²) in [6.45, 7) is 1.98. The zero-order chi connectivity index (χ0) is 16.7. The lowest BCUT2D eigenvalue weighted by Gasteiger charge is -2.08. The molecule has 0 aliphatic carbocycles. The zero-order valence-corrected chi connectivity index (χ0v) is 12.7. The van der Waals surface area contributed by atoms with Gasteiger partial charge in [-0.05, 0) is 36.2 Å². The second-order valence-electron chi connectivity index (χ2n) is 4.97. The van der Waals surface area contributed by atoms with E-state index < -0.39 is 5.97 Å². The number of nitriles is 1. The molecule has 2 rings (SSSR count). The van der Waals surface area contributed by atoms with Crippen molar-refractivity contribution in [2.45, 2.75) is 13.5 Å². The fraction of sp³-hybridized carbons (Fsp3) is 0.167. The number of aryl methyl sites for hydroxylation is 1. The maximum Gasteiger partial charge on any atom is 0.338 e. The van der Waals surface area contributed by atoms with Gasteiger partial charge in [-0.25, -0.2) is 4.79 Å². The van der Waals surface area contributed by atoms with Gasteiger partial charge in [-0.15, -0.1) is 0 Å². The topological polar surface area (TPSA) is 79.2 Å². The van der Waals surface area contributed by atoms with E-state index in [4.69, 9.17) is 10.00 Å². The molecule has 0 aliphatic rings. The molecule has 5 heteroatoms. The van der Waals surface area contributed by atoms with Crippen LogP contribution in [0.5, 0.6) is 0 Å². The van der Waals surface area contributed by atoms with Gasteiger partial charge >= 0.3 is 5.97 Å². The largest absolute Gasteiger partial charge is 0.452 e. The summed E-state index contributed by atoms with van der Waals surface area (Å²) in [5.41, 5.74) is 2.70. The number of rotatable bonds is 5. The Morgan fingerprint density at radius 2 is 1.96 bits per heavy atom. The quantitative estimate of drug-likeness (QED) is 0.860. The molecule has 0 radical (unpaired) electrons. The van der Waals surface area contributed by atoms with Crippen molar-refractivity contribution in [3.63, 3.8) is 0 Å². The van der Waals surface area contributed by atoms with Crippen molar-refractivity contribution in [1.29, 1.82) is 5.26 Å². The van der Waals surface area contributed by atoms with Crippen molar-refractivity contribution in [1.82, 2.24) is 5.32 Å². The Hall–Kier alpha value is -3.13. The lowest BCUT2D eigenvalue weighted by atomic mass is 10.1. The third-order valence-electron chi connectivity index (χ3n) is 3.30. The summed E-state index contributed by atoms with van der Waals surface area (Å²) in [6, 6.07) is 15.8. The van der Waals surface area contributed by atoms with Crippen LogP contribution in [0.4, 0.5) is 0 Å². The molecule has 1 amide bonds. The fourth-order valence-electron chi connectivity index (χ4n) is 1.98. The second-order valence-corrected chi connectivity index (χ2v) is 4.97. The fourth-order valence-corrected chi connectivity index (χ4v) is 1.98. The van der Waals surface area contributed by atoms with Gasteiger partial charge in [0.15, 0.2) is 6.61 Å². The van der Waals surface area contributed by atoms with E-state index in [0.717, 1.165) is 11.1 Å². The summed E-state index contributed by atoms with van der Waals surface area (Å²) in [6.07, 6.45) is 0. The number of carbonyl (C=O) groups excluding carboxylic acids is 2. The van der Waals surface area contributed by atoms with Crippen LogP contribution >= 0.6 is 0 Å². The summed E-state index contributed by atoms with van der Waals surface area (Å²) in [7, 11) is 0. The van der Waals surface area contributed by atoms with Crippen molar-refractivity contribution < 1.29 is 14.3 Å². The monoisotopic (exact) mass is 308 g/mol. The summed E-state index contributed by atoms with van der Waals surface area (Å²) < 4.78 is 4.95. The minimum atomic E-state index is -0.631. The van der Waals surface area contributed by atoms with Gasteiger partial charge in [0.25, 0.3) is 5.91 Å². The molecule has 5 nitrogen and oxygen atoms in total. The highest BCUT2D eigenvalue weighted by molar-refractivity contribution is 5.91. The predicted molar refractivity (Wildman–Crippen MR) is 84.5 cm³/mol. The Bertz CT molecular complexity index is 763. The molecule has 0 aliphatic heterocycles. The van der Waals surface area contributed by atoms with Crippen molar-refractivity contribution in [2.75, 3.05) is 6.61 Å². The van der Waals surface area contributed by atoms with Crippen LogP contribution in [0.3, 0.4) is 0 Å². The van der Waals surface area contributed by atoms with Crippen LogP contribution in [-0.2, 0) is 16.1 Å². The van der Waals surface area contributed by atoms with Gasteiger partial charge in [-0.2, -0.15) is 5.26 Å². The Morgan fingerprint density at radius 1 is 1.17 bits per heavy atom. The average molecular weight is 308 g/mol. The molecule has 0 atom stereocenters. The number of ether oxygens (including phenoxy) is 1. The van der Waals surface area contributed by atoms with Crippen LogP contribution in [0.2, 0.25) is 0 Å². The molecule has 0 fully saturated rings. The molecule has 0 bridgehead atoms. The Kier molecular flexibility index (Phi) is 5.48. The van der Waals surface area contributed by atoms with Gasteiger partial charge in [0.2, 0.25) is 0 Å². The third kappa shape index (κ3) is 4.68. The smallest absolute Gasteiger partial charge is 0.338 e. The number of carbonyl (C=O) groups is 2. The number of esters is 1. The Balaban J connectivity index is 1.83. The molecule has 116 valence electrons. The number of hydrogen-bond donors (Lipinski definition) is 1. The van der Waals surface area contributed by atoms with Gasteiger partial charge in [-0.1, -0.05) is 30.3 Å². The summed E-state index contributed by atoms with van der Waals surface area (Å²) >= 11 is 0. The molecule has 0 unspecified atom stereocenters. The summed E-state index contributed by atoms with van der Waals surface area (Å²) in [5, 5.41) is 11.5. The number of amides is 1. The highest BCUT2D eigenvalue weighted by atomic mass is 16.5. The van der Waals surface area contributed by atoms with Crippen LogP contribution in [-0.4, -0.2) is 18.5 Å². The Morgan fingerprint density at radius 3 is 2.70 bits per heavy atom.